The molecule has 216 valence electrons. The molecule has 1 N–H and O–H groups in total. The quantitative estimate of drug-likeness (QED) is 0.329. The minimum Gasteiger partial charge on any atom is -0.446 e. The third-order valence-electron chi connectivity index (χ3n) is 11.7. The van der Waals surface area contributed by atoms with Gasteiger partial charge in [-0.25, -0.2) is 4.79 Å². The van der Waals surface area contributed by atoms with Gasteiger partial charge in [0.1, 0.15) is 6.10 Å². The van der Waals surface area contributed by atoms with Gasteiger partial charge in [-0.05, 0) is 109 Å². The Balaban J connectivity index is 1.21. The third kappa shape index (κ3) is 5.78. The van der Waals surface area contributed by atoms with E-state index >= 15 is 0 Å². The van der Waals surface area contributed by atoms with E-state index in [1.807, 2.05) is 0 Å². The first-order valence-corrected chi connectivity index (χ1v) is 16.4. The molecule has 3 fully saturated rings. The molecule has 3 nitrogen and oxygen atoms in total. The van der Waals surface area contributed by atoms with Gasteiger partial charge in [0.25, 0.3) is 0 Å². The summed E-state index contributed by atoms with van der Waals surface area (Å²) in [6, 6.07) is 5.09. The summed E-state index contributed by atoms with van der Waals surface area (Å²) in [6.45, 7) is 12.5. The van der Waals surface area contributed by atoms with Gasteiger partial charge in [-0.2, -0.15) is 0 Å². The van der Waals surface area contributed by atoms with Gasteiger partial charge in [-0.1, -0.05) is 88.7 Å². The van der Waals surface area contributed by atoms with Crippen LogP contribution in [0.1, 0.15) is 105 Å². The molecule has 5 heteroatoms. The van der Waals surface area contributed by atoms with Crippen molar-refractivity contribution in [3.05, 3.63) is 39.9 Å². The predicted molar refractivity (Wildman–Crippen MR) is 163 cm³/mol. The SMILES string of the molecule is CC(C)CCCC(C)C1CCC2C3CC=C4CC(OC(=O)Nc5ccc(Cl)c(Cl)c5)CCC4(C)C3CCC12C. The molecule has 0 aliphatic heterocycles. The molecule has 3 saturated carbocycles. The zero-order valence-electron chi connectivity index (χ0n) is 24.7. The molecule has 0 heterocycles. The molecule has 0 bridgehead atoms. The van der Waals surface area contributed by atoms with E-state index < -0.39 is 6.09 Å². The standard InChI is InChI=1S/C34H49Cl2NO2/c1-21(2)7-6-8-22(3)27-12-13-28-26-11-9-23-19-25(15-17-33(23,4)29(26)16-18-34(27,28)5)39-32(38)37-24-10-14-30(35)31(36)20-24/h9-10,14,20-22,25-29H,6-8,11-13,15-19H2,1-5H3,(H,37,38). The minimum atomic E-state index is -0.413. The number of halogens is 2. The largest absolute Gasteiger partial charge is 0.446 e. The number of rotatable bonds is 7. The van der Waals surface area contributed by atoms with Gasteiger partial charge in [0.15, 0.2) is 0 Å². The van der Waals surface area contributed by atoms with E-state index in [9.17, 15) is 4.79 Å². The molecule has 8 unspecified atom stereocenters. The molecule has 4 aliphatic rings. The molecule has 0 aromatic heterocycles. The molecular weight excluding hydrogens is 525 g/mol. The van der Waals surface area contributed by atoms with Gasteiger partial charge in [0.2, 0.25) is 0 Å². The van der Waals surface area contributed by atoms with Crippen molar-refractivity contribution in [2.24, 2.45) is 46.3 Å². The first kappa shape index (κ1) is 29.3. The molecule has 1 aromatic carbocycles. The van der Waals surface area contributed by atoms with Crippen LogP contribution in [-0.2, 0) is 4.74 Å². The number of nitrogens with one attached hydrogen (secondary N) is 1. The van der Waals surface area contributed by atoms with E-state index in [0.29, 0.717) is 21.1 Å². The maximum absolute atomic E-state index is 12.7. The van der Waals surface area contributed by atoms with Crippen LogP contribution in [-0.4, -0.2) is 12.2 Å². The van der Waals surface area contributed by atoms with Crippen LogP contribution >= 0.6 is 23.2 Å². The van der Waals surface area contributed by atoms with E-state index in [1.165, 1.54) is 51.4 Å². The number of fused-ring (bicyclic) bond motifs is 5. The minimum absolute atomic E-state index is 0.0694. The topological polar surface area (TPSA) is 38.3 Å². The fraction of sp³-hybridized carbons (Fsp3) is 0.735. The lowest BCUT2D eigenvalue weighted by Crippen LogP contribution is -2.51. The highest BCUT2D eigenvalue weighted by atomic mass is 35.5. The maximum atomic E-state index is 12.7. The number of hydrogen-bond acceptors (Lipinski definition) is 2. The molecule has 1 aromatic rings. The van der Waals surface area contributed by atoms with Crippen molar-refractivity contribution < 1.29 is 9.53 Å². The second-order valence-electron chi connectivity index (χ2n) is 14.3. The zero-order valence-corrected chi connectivity index (χ0v) is 26.2. The van der Waals surface area contributed by atoms with Gasteiger partial charge in [0.05, 0.1) is 10.0 Å². The van der Waals surface area contributed by atoms with Crippen LogP contribution in [0.2, 0.25) is 10.0 Å². The van der Waals surface area contributed by atoms with E-state index in [4.69, 9.17) is 27.9 Å². The van der Waals surface area contributed by atoms with Gasteiger partial charge in [-0.3, -0.25) is 5.32 Å². The Morgan fingerprint density at radius 1 is 1.03 bits per heavy atom. The molecule has 4 aliphatic carbocycles. The number of allylic oxidation sites excluding steroid dienone is 1. The summed E-state index contributed by atoms with van der Waals surface area (Å²) in [7, 11) is 0. The Morgan fingerprint density at radius 2 is 1.82 bits per heavy atom. The summed E-state index contributed by atoms with van der Waals surface area (Å²) >= 11 is 12.1. The van der Waals surface area contributed by atoms with Crippen LogP contribution in [0.3, 0.4) is 0 Å². The van der Waals surface area contributed by atoms with Crippen molar-refractivity contribution in [1.82, 2.24) is 0 Å². The average molecular weight is 575 g/mol. The second kappa shape index (κ2) is 11.6. The van der Waals surface area contributed by atoms with Crippen molar-refractivity contribution >= 4 is 35.0 Å². The van der Waals surface area contributed by atoms with Crippen molar-refractivity contribution in [2.75, 3.05) is 5.32 Å². The fourth-order valence-corrected chi connectivity index (χ4v) is 9.92. The first-order chi connectivity index (χ1) is 18.5. The number of benzene rings is 1. The zero-order chi connectivity index (χ0) is 27.9. The van der Waals surface area contributed by atoms with Crippen molar-refractivity contribution in [3.8, 4) is 0 Å². The normalized spacial score (nSPS) is 36.4. The molecule has 0 spiro atoms. The second-order valence-corrected chi connectivity index (χ2v) is 15.1. The van der Waals surface area contributed by atoms with Crippen LogP contribution in [0.5, 0.6) is 0 Å². The lowest BCUT2D eigenvalue weighted by atomic mass is 9.47. The Morgan fingerprint density at radius 3 is 2.56 bits per heavy atom. The van der Waals surface area contributed by atoms with E-state index in [1.54, 1.807) is 23.8 Å². The number of carbonyl (C=O) groups is 1. The Bertz CT molecular complexity index is 1080. The molecule has 39 heavy (non-hydrogen) atoms. The van der Waals surface area contributed by atoms with Crippen LogP contribution in [0.25, 0.3) is 0 Å². The highest BCUT2D eigenvalue weighted by molar-refractivity contribution is 6.42. The molecule has 8 atom stereocenters. The Hall–Kier alpha value is -1.19. The van der Waals surface area contributed by atoms with Gasteiger partial charge in [0, 0.05) is 12.1 Å². The highest BCUT2D eigenvalue weighted by Gasteiger charge is 2.59. The van der Waals surface area contributed by atoms with E-state index in [2.05, 4.69) is 46.0 Å². The van der Waals surface area contributed by atoms with Gasteiger partial charge in [-0.15, -0.1) is 0 Å². The van der Waals surface area contributed by atoms with Gasteiger partial charge >= 0.3 is 6.09 Å². The molecule has 1 amide bonds. The number of carbonyl (C=O) groups excluding carboxylic acids is 1. The van der Waals surface area contributed by atoms with E-state index in [-0.39, 0.29) is 11.5 Å². The number of ether oxygens (including phenoxy) is 1. The highest BCUT2D eigenvalue weighted by Crippen LogP contribution is 2.67. The monoisotopic (exact) mass is 573 g/mol. The Kier molecular flexibility index (Phi) is 8.71. The number of anilines is 1. The summed E-state index contributed by atoms with van der Waals surface area (Å²) in [5.74, 6) is 5.03. The number of amides is 1. The van der Waals surface area contributed by atoms with Crippen molar-refractivity contribution in [1.29, 1.82) is 0 Å². The van der Waals surface area contributed by atoms with Crippen LogP contribution in [0, 0.1) is 46.3 Å². The van der Waals surface area contributed by atoms with Crippen LogP contribution in [0.15, 0.2) is 29.8 Å². The maximum Gasteiger partial charge on any atom is 0.411 e. The molecule has 0 saturated heterocycles. The summed E-state index contributed by atoms with van der Waals surface area (Å²) in [4.78, 5) is 12.7. The summed E-state index contributed by atoms with van der Waals surface area (Å²) in [6.07, 6.45) is 16.0. The number of hydrogen-bond donors (Lipinski definition) is 1. The summed E-state index contributed by atoms with van der Waals surface area (Å²) in [5, 5.41) is 3.71. The summed E-state index contributed by atoms with van der Waals surface area (Å²) in [5.41, 5.74) is 2.92. The third-order valence-corrected chi connectivity index (χ3v) is 12.4. The predicted octanol–water partition coefficient (Wildman–Crippen LogP) is 11.0. The van der Waals surface area contributed by atoms with Crippen LogP contribution < -0.4 is 5.32 Å². The smallest absolute Gasteiger partial charge is 0.411 e. The molecule has 5 rings (SSSR count). The molecular formula is C34H49Cl2NO2. The van der Waals surface area contributed by atoms with Crippen LogP contribution in [0.4, 0.5) is 10.5 Å². The van der Waals surface area contributed by atoms with Crippen molar-refractivity contribution in [3.63, 3.8) is 0 Å². The fourth-order valence-electron chi connectivity index (χ4n) is 9.63. The van der Waals surface area contributed by atoms with Gasteiger partial charge < -0.3 is 4.74 Å². The Labute approximate surface area is 246 Å². The van der Waals surface area contributed by atoms with E-state index in [0.717, 1.165) is 54.8 Å². The lowest BCUT2D eigenvalue weighted by Gasteiger charge is -2.58. The molecule has 0 radical (unpaired) electrons. The first-order valence-electron chi connectivity index (χ1n) is 15.6. The van der Waals surface area contributed by atoms with Crippen molar-refractivity contribution in [2.45, 2.75) is 111 Å². The summed E-state index contributed by atoms with van der Waals surface area (Å²) < 4.78 is 5.90. The lowest BCUT2D eigenvalue weighted by molar-refractivity contribution is -0.0577. The average Bonchev–Trinajstić information content (AvgIpc) is 3.23.